The van der Waals surface area contributed by atoms with Gasteiger partial charge in [0.2, 0.25) is 0 Å². The number of anilines is 1. The number of benzene rings is 2. The summed E-state index contributed by atoms with van der Waals surface area (Å²) in [6.07, 6.45) is 3.88. The van der Waals surface area contributed by atoms with Crippen LogP contribution in [0.25, 0.3) is 0 Å². The minimum absolute atomic E-state index is 0.115. The van der Waals surface area contributed by atoms with Crippen LogP contribution >= 0.6 is 23.6 Å². The van der Waals surface area contributed by atoms with Gasteiger partial charge in [-0.05, 0) is 79.9 Å². The predicted octanol–water partition coefficient (Wildman–Crippen LogP) is 4.31. The molecule has 0 saturated carbocycles. The molecule has 0 aliphatic heterocycles. The Morgan fingerprint density at radius 3 is 2.26 bits per heavy atom. The van der Waals surface area contributed by atoms with Gasteiger partial charge < -0.3 is 20.5 Å². The van der Waals surface area contributed by atoms with E-state index >= 15 is 0 Å². The van der Waals surface area contributed by atoms with Gasteiger partial charge in [0.05, 0.1) is 5.56 Å². The number of primary amides is 1. The fourth-order valence-electron chi connectivity index (χ4n) is 3.76. The molecular formula is C25H25N3O4S2. The van der Waals surface area contributed by atoms with E-state index in [4.69, 9.17) is 27.4 Å². The Bertz CT molecular complexity index is 1180. The molecule has 4 rings (SSSR count). The summed E-state index contributed by atoms with van der Waals surface area (Å²) in [6.45, 7) is 0.785. The Hall–Kier alpha value is -3.43. The highest BCUT2D eigenvalue weighted by Crippen LogP contribution is 2.37. The number of carbonyl (C=O) groups excluding carboxylic acids is 2. The number of fused-ring (bicyclic) bond motifs is 1. The van der Waals surface area contributed by atoms with Gasteiger partial charge in [0.15, 0.2) is 5.11 Å². The molecule has 1 aromatic heterocycles. The summed E-state index contributed by atoms with van der Waals surface area (Å²) < 4.78 is 11.3. The number of aryl methyl sites for hydroxylation is 1. The quantitative estimate of drug-likeness (QED) is 0.318. The lowest BCUT2D eigenvalue weighted by Crippen LogP contribution is -2.34. The summed E-state index contributed by atoms with van der Waals surface area (Å²) in [7, 11) is 0. The molecule has 176 valence electrons. The van der Waals surface area contributed by atoms with Crippen molar-refractivity contribution in [2.24, 2.45) is 5.73 Å². The molecule has 7 nitrogen and oxygen atoms in total. The second-order valence-corrected chi connectivity index (χ2v) is 9.24. The van der Waals surface area contributed by atoms with Crippen LogP contribution in [-0.2, 0) is 12.8 Å². The Balaban J connectivity index is 1.28. The Morgan fingerprint density at radius 1 is 0.941 bits per heavy atom. The molecule has 2 aromatic carbocycles. The number of thiophene rings is 1. The van der Waals surface area contributed by atoms with Crippen LogP contribution in [0.4, 0.5) is 5.00 Å². The highest BCUT2D eigenvalue weighted by Gasteiger charge is 2.24. The number of nitrogens with two attached hydrogens (primary N) is 1. The molecule has 0 atom stereocenters. The molecule has 1 aliphatic carbocycles. The van der Waals surface area contributed by atoms with Crippen LogP contribution in [0.15, 0.2) is 54.6 Å². The monoisotopic (exact) mass is 495 g/mol. The van der Waals surface area contributed by atoms with E-state index in [1.54, 1.807) is 24.3 Å². The van der Waals surface area contributed by atoms with Gasteiger partial charge in [-0.25, -0.2) is 0 Å². The third kappa shape index (κ3) is 5.92. The summed E-state index contributed by atoms with van der Waals surface area (Å²) in [5.41, 5.74) is 7.53. The Kier molecular flexibility index (Phi) is 7.76. The average Bonchev–Trinajstić information content (AvgIpc) is 3.20. The summed E-state index contributed by atoms with van der Waals surface area (Å²) in [5, 5.41) is 6.35. The predicted molar refractivity (Wildman–Crippen MR) is 137 cm³/mol. The van der Waals surface area contributed by atoms with Gasteiger partial charge in [0.25, 0.3) is 11.8 Å². The SMILES string of the molecule is NC(=O)c1c(NC(=S)NC(=O)c2ccc(OCCOc3ccccc3)cc2)sc2c1CCCC2. The maximum atomic E-state index is 12.6. The van der Waals surface area contributed by atoms with Crippen molar-refractivity contribution in [1.82, 2.24) is 5.32 Å². The molecule has 9 heteroatoms. The molecule has 1 aliphatic rings. The van der Waals surface area contributed by atoms with Crippen molar-refractivity contribution < 1.29 is 19.1 Å². The number of hydrogen-bond acceptors (Lipinski definition) is 6. The van der Waals surface area contributed by atoms with Gasteiger partial charge in [-0.1, -0.05) is 18.2 Å². The van der Waals surface area contributed by atoms with E-state index in [0.29, 0.717) is 35.1 Å². The van der Waals surface area contributed by atoms with Crippen LogP contribution in [0.3, 0.4) is 0 Å². The standard InChI is InChI=1S/C25H25N3O4S2/c26-22(29)21-19-8-4-5-9-20(19)34-24(21)28-25(33)27-23(30)16-10-12-18(13-11-16)32-15-14-31-17-6-2-1-3-7-17/h1-3,6-7,10-13H,4-5,8-9,14-15H2,(H2,26,29)(H2,27,28,30,33). The number of ether oxygens (including phenoxy) is 2. The third-order valence-corrected chi connectivity index (χ3v) is 6.76. The largest absolute Gasteiger partial charge is 0.490 e. The number of carbonyl (C=O) groups is 2. The zero-order chi connectivity index (χ0) is 23.9. The summed E-state index contributed by atoms with van der Waals surface area (Å²) >= 11 is 6.78. The first-order chi connectivity index (χ1) is 16.5. The van der Waals surface area contributed by atoms with Crippen molar-refractivity contribution in [1.29, 1.82) is 0 Å². The number of thiocarbonyl (C=S) groups is 1. The minimum Gasteiger partial charge on any atom is -0.490 e. The number of amides is 2. The van der Waals surface area contributed by atoms with Crippen molar-refractivity contribution >= 4 is 45.5 Å². The van der Waals surface area contributed by atoms with Crippen LogP contribution in [0.2, 0.25) is 0 Å². The molecule has 0 saturated heterocycles. The number of nitrogens with one attached hydrogen (secondary N) is 2. The van der Waals surface area contributed by atoms with Crippen molar-refractivity contribution in [2.45, 2.75) is 25.7 Å². The lowest BCUT2D eigenvalue weighted by Gasteiger charge is -2.12. The first-order valence-corrected chi connectivity index (χ1v) is 12.2. The molecule has 0 spiro atoms. The van der Waals surface area contributed by atoms with Crippen LogP contribution in [0, 0.1) is 0 Å². The second kappa shape index (κ2) is 11.1. The molecule has 0 bridgehead atoms. The van der Waals surface area contributed by atoms with Gasteiger partial charge in [-0.2, -0.15) is 0 Å². The van der Waals surface area contributed by atoms with Gasteiger partial charge in [0.1, 0.15) is 29.7 Å². The highest BCUT2D eigenvalue weighted by atomic mass is 32.1. The van der Waals surface area contributed by atoms with Crippen LogP contribution in [0.5, 0.6) is 11.5 Å². The number of rotatable bonds is 8. The highest BCUT2D eigenvalue weighted by molar-refractivity contribution is 7.80. The van der Waals surface area contributed by atoms with Gasteiger partial charge in [0, 0.05) is 10.4 Å². The van der Waals surface area contributed by atoms with Crippen molar-refractivity contribution in [3.8, 4) is 11.5 Å². The zero-order valence-electron chi connectivity index (χ0n) is 18.5. The normalized spacial score (nSPS) is 12.4. The molecule has 0 radical (unpaired) electrons. The molecular weight excluding hydrogens is 470 g/mol. The van der Waals surface area contributed by atoms with Crippen LogP contribution in [0.1, 0.15) is 44.0 Å². The Morgan fingerprint density at radius 2 is 1.59 bits per heavy atom. The maximum absolute atomic E-state index is 12.6. The molecule has 34 heavy (non-hydrogen) atoms. The number of para-hydroxylation sites is 1. The number of hydrogen-bond donors (Lipinski definition) is 3. The lowest BCUT2D eigenvalue weighted by molar-refractivity contribution is 0.0975. The third-order valence-electron chi connectivity index (χ3n) is 5.35. The first-order valence-electron chi connectivity index (χ1n) is 11.0. The van der Waals surface area contributed by atoms with E-state index in [9.17, 15) is 9.59 Å². The van der Waals surface area contributed by atoms with E-state index in [2.05, 4.69) is 10.6 Å². The van der Waals surface area contributed by atoms with Gasteiger partial charge >= 0.3 is 0 Å². The van der Waals surface area contributed by atoms with Crippen LogP contribution < -0.4 is 25.8 Å². The molecule has 1 heterocycles. The second-order valence-electron chi connectivity index (χ2n) is 7.72. The van der Waals surface area contributed by atoms with E-state index < -0.39 is 5.91 Å². The van der Waals surface area contributed by atoms with Gasteiger partial charge in [-0.3, -0.25) is 14.9 Å². The smallest absolute Gasteiger partial charge is 0.257 e. The van der Waals surface area contributed by atoms with E-state index in [1.807, 2.05) is 30.3 Å². The summed E-state index contributed by atoms with van der Waals surface area (Å²) in [6, 6.07) is 16.3. The van der Waals surface area contributed by atoms with Crippen molar-refractivity contribution in [2.75, 3.05) is 18.5 Å². The molecule has 2 amide bonds. The Labute approximate surface area is 207 Å². The fraction of sp³-hybridized carbons (Fsp3) is 0.240. The van der Waals surface area contributed by atoms with E-state index in [0.717, 1.165) is 41.9 Å². The minimum atomic E-state index is -0.485. The molecule has 0 unspecified atom stereocenters. The van der Waals surface area contributed by atoms with Crippen LogP contribution in [-0.4, -0.2) is 30.1 Å². The summed E-state index contributed by atoms with van der Waals surface area (Å²) in [5.74, 6) is 0.566. The average molecular weight is 496 g/mol. The van der Waals surface area contributed by atoms with Crippen molar-refractivity contribution in [3.63, 3.8) is 0 Å². The molecule has 0 fully saturated rings. The lowest BCUT2D eigenvalue weighted by atomic mass is 9.95. The fourth-order valence-corrected chi connectivity index (χ4v) is 5.32. The van der Waals surface area contributed by atoms with E-state index in [-0.39, 0.29) is 11.0 Å². The first kappa shape index (κ1) is 23.7. The van der Waals surface area contributed by atoms with Gasteiger partial charge in [-0.15, -0.1) is 11.3 Å². The molecule has 3 aromatic rings. The maximum Gasteiger partial charge on any atom is 0.257 e. The van der Waals surface area contributed by atoms with Crippen molar-refractivity contribution in [3.05, 3.63) is 76.2 Å². The zero-order valence-corrected chi connectivity index (χ0v) is 20.1. The molecule has 4 N–H and O–H groups in total. The topological polar surface area (TPSA) is 103 Å². The summed E-state index contributed by atoms with van der Waals surface area (Å²) in [4.78, 5) is 25.8. The van der Waals surface area contributed by atoms with E-state index in [1.165, 1.54) is 11.3 Å².